The second kappa shape index (κ2) is 9.24. The van der Waals surface area contributed by atoms with E-state index in [4.69, 9.17) is 10.00 Å². The van der Waals surface area contributed by atoms with Crippen LogP contribution >= 0.6 is 0 Å². The maximum Gasteiger partial charge on any atom is 0.255 e. The number of nitrogens with zero attached hydrogens (tertiary/aromatic N) is 1. The summed E-state index contributed by atoms with van der Waals surface area (Å²) >= 11 is 0. The molecular formula is C28H25N3O3. The van der Waals surface area contributed by atoms with Gasteiger partial charge in [-0.1, -0.05) is 18.2 Å². The summed E-state index contributed by atoms with van der Waals surface area (Å²) in [6.07, 6.45) is 2.43. The Morgan fingerprint density at radius 1 is 1.06 bits per heavy atom. The van der Waals surface area contributed by atoms with E-state index in [2.05, 4.69) is 24.5 Å². The number of rotatable bonds is 5. The zero-order valence-electron chi connectivity index (χ0n) is 19.3. The fourth-order valence-corrected chi connectivity index (χ4v) is 4.02. The van der Waals surface area contributed by atoms with Crippen LogP contribution in [0, 0.1) is 11.3 Å². The van der Waals surface area contributed by atoms with Crippen molar-refractivity contribution in [2.24, 2.45) is 0 Å². The van der Waals surface area contributed by atoms with Crippen LogP contribution in [-0.2, 0) is 6.42 Å². The molecule has 0 fully saturated rings. The number of benzene rings is 3. The third-order valence-corrected chi connectivity index (χ3v) is 5.67. The van der Waals surface area contributed by atoms with Crippen molar-refractivity contribution in [3.8, 4) is 11.8 Å². The highest BCUT2D eigenvalue weighted by atomic mass is 16.5. The second-order valence-corrected chi connectivity index (χ2v) is 8.86. The van der Waals surface area contributed by atoms with Gasteiger partial charge in [-0.3, -0.25) is 9.59 Å². The van der Waals surface area contributed by atoms with Crippen LogP contribution in [0.15, 0.2) is 72.8 Å². The van der Waals surface area contributed by atoms with Crippen molar-refractivity contribution in [3.05, 3.63) is 101 Å². The summed E-state index contributed by atoms with van der Waals surface area (Å²) in [5.74, 6) is 0.235. The number of amides is 1. The predicted molar refractivity (Wildman–Crippen MR) is 132 cm³/mol. The summed E-state index contributed by atoms with van der Waals surface area (Å²) in [6, 6.07) is 21.1. The third kappa shape index (κ3) is 5.00. The van der Waals surface area contributed by atoms with Crippen LogP contribution in [0.3, 0.4) is 0 Å². The maximum atomic E-state index is 13.2. The topological polar surface area (TPSA) is 91.2 Å². The third-order valence-electron chi connectivity index (χ3n) is 5.67. The van der Waals surface area contributed by atoms with E-state index in [1.54, 1.807) is 61.7 Å². The van der Waals surface area contributed by atoms with Crippen molar-refractivity contribution in [1.82, 2.24) is 5.32 Å². The summed E-state index contributed by atoms with van der Waals surface area (Å²) in [5.41, 5.74) is 4.50. The van der Waals surface area contributed by atoms with Crippen molar-refractivity contribution in [2.45, 2.75) is 25.8 Å². The first kappa shape index (κ1) is 22.8. The van der Waals surface area contributed by atoms with Gasteiger partial charge in [-0.15, -0.1) is 0 Å². The molecule has 6 heteroatoms. The Balaban J connectivity index is 1.59. The van der Waals surface area contributed by atoms with Crippen LogP contribution < -0.4 is 15.4 Å². The minimum atomic E-state index is -0.316. The summed E-state index contributed by atoms with van der Waals surface area (Å²) in [7, 11) is 1.62. The largest absolute Gasteiger partial charge is 0.497 e. The normalized spacial score (nSPS) is 14.9. The van der Waals surface area contributed by atoms with Gasteiger partial charge in [0.05, 0.1) is 18.7 Å². The van der Waals surface area contributed by atoms with Crippen LogP contribution in [-0.4, -0.2) is 24.3 Å². The smallest absolute Gasteiger partial charge is 0.255 e. The molecule has 0 aromatic heterocycles. The Morgan fingerprint density at radius 3 is 2.53 bits per heavy atom. The molecule has 1 aliphatic heterocycles. The molecule has 4 rings (SSSR count). The number of allylic oxidation sites excluding steroid dienone is 1. The molecule has 6 nitrogen and oxygen atoms in total. The van der Waals surface area contributed by atoms with Crippen molar-refractivity contribution in [1.29, 1.82) is 5.26 Å². The Hall–Kier alpha value is -4.37. The molecule has 0 saturated carbocycles. The molecule has 2 N–H and O–H groups in total. The van der Waals surface area contributed by atoms with Crippen LogP contribution in [0.4, 0.5) is 5.69 Å². The number of ether oxygens (including phenoxy) is 1. The lowest BCUT2D eigenvalue weighted by Gasteiger charge is -2.35. The Labute approximate surface area is 198 Å². The van der Waals surface area contributed by atoms with Crippen LogP contribution in [0.5, 0.6) is 5.75 Å². The summed E-state index contributed by atoms with van der Waals surface area (Å²) < 4.78 is 5.38. The maximum absolute atomic E-state index is 13.2. The lowest BCUT2D eigenvalue weighted by Crippen LogP contribution is -2.43. The fourth-order valence-electron chi connectivity index (χ4n) is 4.02. The van der Waals surface area contributed by atoms with Gasteiger partial charge >= 0.3 is 0 Å². The monoisotopic (exact) mass is 451 g/mol. The van der Waals surface area contributed by atoms with Gasteiger partial charge in [-0.25, -0.2) is 0 Å². The highest BCUT2D eigenvalue weighted by Crippen LogP contribution is 2.32. The molecular weight excluding hydrogens is 426 g/mol. The second-order valence-electron chi connectivity index (χ2n) is 8.86. The molecule has 170 valence electrons. The highest BCUT2D eigenvalue weighted by molar-refractivity contribution is 6.10. The summed E-state index contributed by atoms with van der Waals surface area (Å²) in [4.78, 5) is 25.7. The Bertz CT molecular complexity index is 1330. The van der Waals surface area contributed by atoms with E-state index in [-0.39, 0.29) is 17.2 Å². The molecule has 0 aliphatic carbocycles. The van der Waals surface area contributed by atoms with Gasteiger partial charge in [0, 0.05) is 39.7 Å². The number of carbonyl (C=O) groups is 2. The Morgan fingerprint density at radius 2 is 1.82 bits per heavy atom. The highest BCUT2D eigenvalue weighted by Gasteiger charge is 2.28. The number of fused-ring (bicyclic) bond motifs is 1. The van der Waals surface area contributed by atoms with Crippen molar-refractivity contribution in [3.63, 3.8) is 0 Å². The first-order valence-electron chi connectivity index (χ1n) is 10.9. The number of nitrogens with one attached hydrogen (secondary N) is 2. The lowest BCUT2D eigenvalue weighted by molar-refractivity contribution is 0.102. The minimum absolute atomic E-state index is 0.177. The number of nitriles is 1. The van der Waals surface area contributed by atoms with Gasteiger partial charge in [-0.05, 0) is 74.4 Å². The number of hydrogen-bond acceptors (Lipinski definition) is 5. The molecule has 0 atom stereocenters. The average Bonchev–Trinajstić information content (AvgIpc) is 2.83. The van der Waals surface area contributed by atoms with Crippen LogP contribution in [0.25, 0.3) is 5.70 Å². The van der Waals surface area contributed by atoms with E-state index in [9.17, 15) is 9.59 Å². The quantitative estimate of drug-likeness (QED) is 0.422. The van der Waals surface area contributed by atoms with E-state index in [0.29, 0.717) is 22.4 Å². The molecule has 1 aliphatic rings. The van der Waals surface area contributed by atoms with Gasteiger partial charge in [0.1, 0.15) is 5.75 Å². The fraction of sp³-hybridized carbons (Fsp3) is 0.179. The predicted octanol–water partition coefficient (Wildman–Crippen LogP) is 4.97. The van der Waals surface area contributed by atoms with Crippen molar-refractivity contribution < 1.29 is 14.3 Å². The van der Waals surface area contributed by atoms with Crippen LogP contribution in [0.2, 0.25) is 0 Å². The SMILES string of the molecule is COc1ccc2c(c1)/C(=C/C(=O)c1cccc(NC(=O)c3ccc(C#N)cc3)c1)NC(C)(C)C2. The van der Waals surface area contributed by atoms with Gasteiger partial charge in [0.25, 0.3) is 5.91 Å². The molecule has 1 amide bonds. The van der Waals surface area contributed by atoms with Crippen molar-refractivity contribution in [2.75, 3.05) is 12.4 Å². The number of anilines is 1. The molecule has 0 bridgehead atoms. The number of carbonyl (C=O) groups excluding carboxylic acids is 2. The molecule has 3 aromatic rings. The summed E-state index contributed by atoms with van der Waals surface area (Å²) in [6.45, 7) is 4.19. The minimum Gasteiger partial charge on any atom is -0.497 e. The van der Waals surface area contributed by atoms with E-state index < -0.39 is 0 Å². The van der Waals surface area contributed by atoms with E-state index in [1.807, 2.05) is 24.3 Å². The molecule has 1 heterocycles. The molecule has 0 spiro atoms. The number of hydrogen-bond donors (Lipinski definition) is 2. The summed E-state index contributed by atoms with van der Waals surface area (Å²) in [5, 5.41) is 15.2. The van der Waals surface area contributed by atoms with Crippen LogP contribution in [0.1, 0.15) is 51.3 Å². The van der Waals surface area contributed by atoms with Crippen molar-refractivity contribution >= 4 is 23.1 Å². The molecule has 0 unspecified atom stereocenters. The van der Waals surface area contributed by atoms with Gasteiger partial charge < -0.3 is 15.4 Å². The first-order chi connectivity index (χ1) is 16.3. The van der Waals surface area contributed by atoms with E-state index in [1.165, 1.54) is 0 Å². The van der Waals surface area contributed by atoms with Gasteiger partial charge in [0.2, 0.25) is 0 Å². The molecule has 3 aromatic carbocycles. The zero-order chi connectivity index (χ0) is 24.3. The van der Waals surface area contributed by atoms with Gasteiger partial charge in [0.15, 0.2) is 5.78 Å². The lowest BCUT2D eigenvalue weighted by atomic mass is 9.85. The molecule has 0 saturated heterocycles. The average molecular weight is 452 g/mol. The number of ketones is 1. The first-order valence-corrected chi connectivity index (χ1v) is 10.9. The molecule has 0 radical (unpaired) electrons. The standard InChI is InChI=1S/C28H25N3O3/c1-28(2)16-21-11-12-23(34-3)14-24(21)25(31-28)15-26(32)20-5-4-6-22(13-20)30-27(33)19-9-7-18(17-29)8-10-19/h4-15,31H,16H2,1-3H3,(H,30,33)/b25-15-. The van der Waals surface area contributed by atoms with E-state index in [0.717, 1.165) is 29.0 Å². The Kier molecular flexibility index (Phi) is 6.20. The zero-order valence-corrected chi connectivity index (χ0v) is 19.3. The number of methoxy groups -OCH3 is 1. The van der Waals surface area contributed by atoms with Gasteiger partial charge in [-0.2, -0.15) is 5.26 Å². The molecule has 34 heavy (non-hydrogen) atoms. The van der Waals surface area contributed by atoms with E-state index >= 15 is 0 Å².